The zero-order valence-corrected chi connectivity index (χ0v) is 35.7. The number of hydrogen-bond acceptors (Lipinski definition) is 2. The highest BCUT2D eigenvalue weighted by Gasteiger charge is 2.55. The maximum atomic E-state index is 2.63. The maximum absolute atomic E-state index is 2.68. The molecular formula is C58H39NSSi. The van der Waals surface area contributed by atoms with Gasteiger partial charge in [-0.25, -0.2) is 0 Å². The molecule has 0 atom stereocenters. The summed E-state index contributed by atoms with van der Waals surface area (Å²) in [7, 11) is -2.68. The minimum absolute atomic E-state index is 0.160. The van der Waals surface area contributed by atoms with Crippen LogP contribution in [0.4, 0.5) is 17.1 Å². The van der Waals surface area contributed by atoms with Crippen molar-refractivity contribution in [2.75, 3.05) is 4.90 Å². The van der Waals surface area contributed by atoms with Gasteiger partial charge in [-0.15, -0.1) is 0 Å². The highest BCUT2D eigenvalue weighted by Crippen LogP contribution is 2.65. The van der Waals surface area contributed by atoms with Crippen molar-refractivity contribution in [2.24, 2.45) is 0 Å². The molecule has 2 spiro atoms. The molecule has 0 saturated carbocycles. The normalized spacial score (nSPS) is 16.3. The van der Waals surface area contributed by atoms with Crippen molar-refractivity contribution in [2.45, 2.75) is 34.5 Å². The van der Waals surface area contributed by atoms with Crippen molar-refractivity contribution < 1.29 is 0 Å². The molecule has 14 rings (SSSR count). The lowest BCUT2D eigenvalue weighted by Crippen LogP contribution is -2.70. The Bertz CT molecular complexity index is 3300. The van der Waals surface area contributed by atoms with Crippen LogP contribution in [0, 0.1) is 0 Å². The molecule has 0 fully saturated rings. The zero-order chi connectivity index (χ0) is 40.2. The summed E-state index contributed by atoms with van der Waals surface area (Å²) >= 11 is 1.91. The van der Waals surface area contributed by atoms with E-state index in [1.807, 2.05) is 11.8 Å². The molecule has 4 heterocycles. The first kappa shape index (κ1) is 34.1. The number of nitrogens with zero attached hydrogens (tertiary/aromatic N) is 1. The number of hydrogen-bond donors (Lipinski definition) is 0. The minimum atomic E-state index is -2.68. The lowest BCUT2D eigenvalue weighted by Gasteiger charge is -2.49. The number of para-hydroxylation sites is 1. The van der Waals surface area contributed by atoms with Crippen molar-refractivity contribution in [3.05, 3.63) is 234 Å². The molecule has 286 valence electrons. The van der Waals surface area contributed by atoms with Gasteiger partial charge in [0.15, 0.2) is 8.07 Å². The van der Waals surface area contributed by atoms with Crippen LogP contribution in [-0.2, 0) is 10.8 Å². The average Bonchev–Trinajstić information content (AvgIpc) is 3.86. The van der Waals surface area contributed by atoms with Crippen LogP contribution in [0.1, 0.15) is 47.2 Å². The van der Waals surface area contributed by atoms with Gasteiger partial charge in [0.1, 0.15) is 0 Å². The third-order valence-corrected chi connectivity index (χ3v) is 21.0. The maximum Gasteiger partial charge on any atom is 0.182 e. The summed E-state index contributed by atoms with van der Waals surface area (Å²) in [5.74, 6) is 0. The van der Waals surface area contributed by atoms with Crippen LogP contribution >= 0.6 is 11.8 Å². The van der Waals surface area contributed by atoms with Crippen LogP contribution in [-0.4, -0.2) is 8.07 Å². The fourth-order valence-corrected chi connectivity index (χ4v) is 19.4. The van der Waals surface area contributed by atoms with Crippen LogP contribution in [0.25, 0.3) is 33.4 Å². The Morgan fingerprint density at radius 2 is 0.852 bits per heavy atom. The van der Waals surface area contributed by atoms with Gasteiger partial charge in [-0.2, -0.15) is 0 Å². The van der Waals surface area contributed by atoms with Gasteiger partial charge >= 0.3 is 0 Å². The minimum Gasteiger partial charge on any atom is -0.310 e. The van der Waals surface area contributed by atoms with E-state index in [1.54, 1.807) is 0 Å². The van der Waals surface area contributed by atoms with Gasteiger partial charge in [0.05, 0.1) is 16.8 Å². The molecule has 1 aliphatic carbocycles. The van der Waals surface area contributed by atoms with E-state index in [2.05, 4.69) is 219 Å². The quantitative estimate of drug-likeness (QED) is 0.152. The standard InChI is InChI=1S/C58H39NSSi/c1-57(2)43-21-7-3-17-37(43)42-34-50-48(35-47(42)57)58(45-23-9-12-26-51(45)60-52-27-13-10-24-46(52)58)44-22-8-11-25-49(44)59(50)36-31-32-41-40-20-6-16-30-55(40)61(56(41)33-36)53-28-14-4-18-38(53)39-19-5-15-29-54(39)61/h3-35H,1-2H3. The second-order valence-corrected chi connectivity index (χ2v) is 22.6. The largest absolute Gasteiger partial charge is 0.310 e. The molecule has 0 amide bonds. The Hall–Kier alpha value is -6.65. The zero-order valence-electron chi connectivity index (χ0n) is 33.9. The molecule has 0 saturated heterocycles. The van der Waals surface area contributed by atoms with E-state index in [0.717, 1.165) is 0 Å². The van der Waals surface area contributed by atoms with Crippen LogP contribution in [0.2, 0.25) is 0 Å². The van der Waals surface area contributed by atoms with E-state index in [1.165, 1.54) is 114 Å². The van der Waals surface area contributed by atoms with Crippen LogP contribution in [0.3, 0.4) is 0 Å². The molecule has 0 aromatic heterocycles. The first-order chi connectivity index (χ1) is 30.0. The van der Waals surface area contributed by atoms with E-state index in [0.29, 0.717) is 0 Å². The summed E-state index contributed by atoms with van der Waals surface area (Å²) in [5.41, 5.74) is 19.4. The molecule has 4 aliphatic heterocycles. The molecule has 0 bridgehead atoms. The fourth-order valence-electron chi connectivity index (χ4n) is 12.6. The van der Waals surface area contributed by atoms with Gasteiger partial charge < -0.3 is 4.90 Å². The molecule has 0 radical (unpaired) electrons. The predicted octanol–water partition coefficient (Wildman–Crippen LogP) is 12.0. The summed E-state index contributed by atoms with van der Waals surface area (Å²) in [6, 6.07) is 77.3. The fraction of sp³-hybridized carbons (Fsp3) is 0.0690. The first-order valence-electron chi connectivity index (χ1n) is 21.5. The van der Waals surface area contributed by atoms with Gasteiger partial charge in [0.25, 0.3) is 0 Å². The van der Waals surface area contributed by atoms with Crippen LogP contribution < -0.4 is 25.6 Å². The third kappa shape index (κ3) is 4.01. The van der Waals surface area contributed by atoms with Crippen molar-refractivity contribution in [1.82, 2.24) is 0 Å². The lowest BCUT2D eigenvalue weighted by atomic mass is 9.61. The van der Waals surface area contributed by atoms with Gasteiger partial charge in [0.2, 0.25) is 0 Å². The van der Waals surface area contributed by atoms with Crippen LogP contribution in [0.15, 0.2) is 210 Å². The average molecular weight is 810 g/mol. The summed E-state index contributed by atoms with van der Waals surface area (Å²) in [5, 5.41) is 5.99. The predicted molar refractivity (Wildman–Crippen MR) is 256 cm³/mol. The molecule has 9 aromatic rings. The lowest BCUT2D eigenvalue weighted by molar-refractivity contribution is 0.649. The molecule has 0 N–H and O–H groups in total. The molecule has 0 unspecified atom stereocenters. The second-order valence-electron chi connectivity index (χ2n) is 17.9. The highest BCUT2D eigenvalue weighted by molar-refractivity contribution is 7.99. The van der Waals surface area contributed by atoms with Gasteiger partial charge in [-0.1, -0.05) is 189 Å². The number of benzene rings is 9. The van der Waals surface area contributed by atoms with Gasteiger partial charge in [-0.3, -0.25) is 0 Å². The Labute approximate surface area is 362 Å². The molecule has 1 nitrogen and oxygen atoms in total. The van der Waals surface area contributed by atoms with E-state index in [-0.39, 0.29) is 5.41 Å². The van der Waals surface area contributed by atoms with Crippen molar-refractivity contribution in [3.63, 3.8) is 0 Å². The SMILES string of the molecule is CC1(C)c2ccccc2-c2cc3c(cc21)C1(c2ccccc2Sc2ccccc21)c1ccccc1N3c1ccc2c(c1)[Si]1(c3ccccc3-c3ccccc31)c1ccccc1-2. The highest BCUT2D eigenvalue weighted by atomic mass is 32.2. The number of rotatable bonds is 1. The first-order valence-corrected chi connectivity index (χ1v) is 24.3. The smallest absolute Gasteiger partial charge is 0.182 e. The monoisotopic (exact) mass is 809 g/mol. The molecular weight excluding hydrogens is 771 g/mol. The van der Waals surface area contributed by atoms with Gasteiger partial charge in [-0.05, 0) is 124 Å². The third-order valence-electron chi connectivity index (χ3n) is 14.9. The topological polar surface area (TPSA) is 3.24 Å². The summed E-state index contributed by atoms with van der Waals surface area (Å²) in [6.07, 6.45) is 0. The van der Waals surface area contributed by atoms with E-state index in [9.17, 15) is 0 Å². The van der Waals surface area contributed by atoms with Crippen molar-refractivity contribution in [3.8, 4) is 33.4 Å². The Balaban J connectivity index is 1.11. The number of fused-ring (bicyclic) bond motifs is 21. The Kier molecular flexibility index (Phi) is 6.59. The molecule has 9 aromatic carbocycles. The van der Waals surface area contributed by atoms with E-state index in [4.69, 9.17) is 0 Å². The summed E-state index contributed by atoms with van der Waals surface area (Å²) in [4.78, 5) is 5.27. The molecule has 5 aliphatic rings. The number of anilines is 3. The Morgan fingerprint density at radius 1 is 0.361 bits per heavy atom. The summed E-state index contributed by atoms with van der Waals surface area (Å²) < 4.78 is 0. The van der Waals surface area contributed by atoms with E-state index < -0.39 is 13.5 Å². The van der Waals surface area contributed by atoms with Crippen LogP contribution in [0.5, 0.6) is 0 Å². The second kappa shape index (κ2) is 11.8. The molecule has 3 heteroatoms. The van der Waals surface area contributed by atoms with Gasteiger partial charge in [0, 0.05) is 20.9 Å². The molecule has 61 heavy (non-hydrogen) atoms. The van der Waals surface area contributed by atoms with E-state index >= 15 is 0 Å². The van der Waals surface area contributed by atoms with Crippen molar-refractivity contribution in [1.29, 1.82) is 0 Å². The Morgan fingerprint density at radius 3 is 1.48 bits per heavy atom. The van der Waals surface area contributed by atoms with Crippen molar-refractivity contribution >= 4 is 57.6 Å². The summed E-state index contributed by atoms with van der Waals surface area (Å²) in [6.45, 7) is 4.84.